The quantitative estimate of drug-likeness (QED) is 0.862. The summed E-state index contributed by atoms with van der Waals surface area (Å²) in [5.41, 5.74) is 8.11. The van der Waals surface area contributed by atoms with Crippen LogP contribution in [-0.2, 0) is 6.42 Å². The van der Waals surface area contributed by atoms with Crippen LogP contribution in [0.25, 0.3) is 0 Å². The predicted molar refractivity (Wildman–Crippen MR) is 71.9 cm³/mol. The maximum atomic E-state index is 10.9. The van der Waals surface area contributed by atoms with Crippen molar-refractivity contribution in [1.29, 1.82) is 0 Å². The number of hydrogen-bond acceptors (Lipinski definition) is 4. The van der Waals surface area contributed by atoms with Crippen LogP contribution in [-0.4, -0.2) is 22.6 Å². The van der Waals surface area contributed by atoms with E-state index >= 15 is 0 Å². The molecule has 1 heterocycles. The van der Waals surface area contributed by atoms with E-state index in [9.17, 15) is 4.79 Å². The summed E-state index contributed by atoms with van der Waals surface area (Å²) in [4.78, 5) is 10.9. The van der Waals surface area contributed by atoms with Gasteiger partial charge < -0.3 is 11.1 Å². The van der Waals surface area contributed by atoms with Gasteiger partial charge in [0.25, 0.3) is 5.91 Å². The van der Waals surface area contributed by atoms with Crippen LogP contribution in [0.15, 0.2) is 36.4 Å². The maximum absolute atomic E-state index is 10.9. The van der Waals surface area contributed by atoms with Gasteiger partial charge in [0.05, 0.1) is 0 Å². The molecule has 96 valence electrons. The molecule has 3 N–H and O–H groups in total. The molecule has 1 aliphatic carbocycles. The average molecular weight is 254 g/mol. The number of carbonyl (C=O) groups is 1. The minimum Gasteiger partial charge on any atom is -0.368 e. The summed E-state index contributed by atoms with van der Waals surface area (Å²) >= 11 is 0. The Bertz CT molecular complexity index is 609. The van der Waals surface area contributed by atoms with Crippen molar-refractivity contribution in [3.05, 3.63) is 53.2 Å². The molecule has 0 bridgehead atoms. The van der Waals surface area contributed by atoms with Gasteiger partial charge in [-0.2, -0.15) is 0 Å². The molecule has 1 aromatic carbocycles. The zero-order valence-corrected chi connectivity index (χ0v) is 10.3. The van der Waals surface area contributed by atoms with Gasteiger partial charge in [-0.15, -0.1) is 10.2 Å². The van der Waals surface area contributed by atoms with Gasteiger partial charge in [-0.1, -0.05) is 24.3 Å². The molecule has 0 saturated heterocycles. The summed E-state index contributed by atoms with van der Waals surface area (Å²) in [7, 11) is 0. The van der Waals surface area contributed by atoms with Crippen LogP contribution in [0.4, 0.5) is 5.82 Å². The van der Waals surface area contributed by atoms with Crippen LogP contribution in [0.1, 0.15) is 27.5 Å². The zero-order valence-electron chi connectivity index (χ0n) is 10.3. The van der Waals surface area contributed by atoms with Crippen molar-refractivity contribution in [1.82, 2.24) is 10.2 Å². The van der Waals surface area contributed by atoms with Crippen molar-refractivity contribution < 1.29 is 4.79 Å². The molecule has 2 aromatic rings. The molecular weight excluding hydrogens is 240 g/mol. The highest BCUT2D eigenvalue weighted by Gasteiger charge is 2.24. The van der Waals surface area contributed by atoms with E-state index in [1.54, 1.807) is 12.1 Å². The van der Waals surface area contributed by atoms with Gasteiger partial charge in [-0.3, -0.25) is 4.79 Å². The summed E-state index contributed by atoms with van der Waals surface area (Å²) < 4.78 is 0. The molecule has 0 aliphatic heterocycles. The van der Waals surface area contributed by atoms with E-state index in [1.807, 2.05) is 0 Å². The second-order valence-electron chi connectivity index (χ2n) is 4.65. The molecule has 1 unspecified atom stereocenters. The first-order chi connectivity index (χ1) is 9.24. The number of hydrogen-bond donors (Lipinski definition) is 2. The lowest BCUT2D eigenvalue weighted by molar-refractivity contribution is 0.0994. The van der Waals surface area contributed by atoms with E-state index in [4.69, 9.17) is 5.73 Å². The number of carbonyl (C=O) groups excluding carboxylic acids is 1. The number of nitrogens with zero attached hydrogens (tertiary/aromatic N) is 2. The fraction of sp³-hybridized carbons (Fsp3) is 0.214. The minimum absolute atomic E-state index is 0.180. The van der Waals surface area contributed by atoms with Crippen molar-refractivity contribution in [2.24, 2.45) is 5.73 Å². The molecule has 3 rings (SSSR count). The standard InChI is InChI=1S/C14H14N4O/c15-14(19)12-5-6-13(18-17-12)16-8-10-7-9-3-1-2-4-11(9)10/h1-6,10H,7-8H2,(H2,15,19)(H,16,18). The minimum atomic E-state index is -0.563. The van der Waals surface area contributed by atoms with Gasteiger partial charge in [0.1, 0.15) is 5.82 Å². The summed E-state index contributed by atoms with van der Waals surface area (Å²) in [5.74, 6) is 0.621. The van der Waals surface area contributed by atoms with Crippen LogP contribution in [0.5, 0.6) is 0 Å². The van der Waals surface area contributed by atoms with Crippen LogP contribution >= 0.6 is 0 Å². The third-order valence-electron chi connectivity index (χ3n) is 3.41. The fourth-order valence-electron chi connectivity index (χ4n) is 2.33. The Hall–Kier alpha value is -2.43. The molecule has 1 aliphatic rings. The van der Waals surface area contributed by atoms with E-state index in [1.165, 1.54) is 11.1 Å². The number of nitrogens with one attached hydrogen (secondary N) is 1. The molecular formula is C14H14N4O. The zero-order chi connectivity index (χ0) is 13.2. The van der Waals surface area contributed by atoms with Gasteiger partial charge >= 0.3 is 0 Å². The summed E-state index contributed by atoms with van der Waals surface area (Å²) in [6.07, 6.45) is 1.09. The third-order valence-corrected chi connectivity index (χ3v) is 3.41. The van der Waals surface area contributed by atoms with Gasteiger partial charge in [-0.05, 0) is 29.7 Å². The van der Waals surface area contributed by atoms with Crippen molar-refractivity contribution in [2.75, 3.05) is 11.9 Å². The topological polar surface area (TPSA) is 80.9 Å². The van der Waals surface area contributed by atoms with Gasteiger partial charge in [0.15, 0.2) is 5.69 Å². The summed E-state index contributed by atoms with van der Waals surface area (Å²) in [5, 5.41) is 10.9. The first-order valence-electron chi connectivity index (χ1n) is 6.19. The molecule has 1 amide bonds. The van der Waals surface area contributed by atoms with Crippen molar-refractivity contribution in [3.63, 3.8) is 0 Å². The second kappa shape index (κ2) is 4.68. The molecule has 19 heavy (non-hydrogen) atoms. The Morgan fingerprint density at radius 3 is 2.79 bits per heavy atom. The van der Waals surface area contributed by atoms with E-state index < -0.39 is 5.91 Å². The molecule has 0 saturated carbocycles. The van der Waals surface area contributed by atoms with Crippen LogP contribution in [0.2, 0.25) is 0 Å². The largest absolute Gasteiger partial charge is 0.368 e. The number of fused-ring (bicyclic) bond motifs is 1. The monoisotopic (exact) mass is 254 g/mol. The molecule has 5 nitrogen and oxygen atoms in total. The maximum Gasteiger partial charge on any atom is 0.269 e. The number of primary amides is 1. The Balaban J connectivity index is 1.60. The highest BCUT2D eigenvalue weighted by molar-refractivity contribution is 5.90. The lowest BCUT2D eigenvalue weighted by Crippen LogP contribution is -2.24. The molecule has 1 aromatic heterocycles. The van der Waals surface area contributed by atoms with Gasteiger partial charge in [0, 0.05) is 12.5 Å². The number of nitrogens with two attached hydrogens (primary N) is 1. The lowest BCUT2D eigenvalue weighted by Gasteiger charge is -2.30. The third kappa shape index (κ3) is 2.27. The molecule has 1 atom stereocenters. The Morgan fingerprint density at radius 2 is 2.11 bits per heavy atom. The van der Waals surface area contributed by atoms with Crippen molar-refractivity contribution in [3.8, 4) is 0 Å². The highest BCUT2D eigenvalue weighted by Crippen LogP contribution is 2.34. The van der Waals surface area contributed by atoms with E-state index in [0.717, 1.165) is 13.0 Å². The number of amides is 1. The van der Waals surface area contributed by atoms with Crippen molar-refractivity contribution in [2.45, 2.75) is 12.3 Å². The van der Waals surface area contributed by atoms with Crippen LogP contribution in [0, 0.1) is 0 Å². The van der Waals surface area contributed by atoms with Crippen LogP contribution in [0.3, 0.4) is 0 Å². The van der Waals surface area contributed by atoms with Gasteiger partial charge in [0.2, 0.25) is 0 Å². The lowest BCUT2D eigenvalue weighted by atomic mass is 9.78. The normalized spacial score (nSPS) is 16.3. The molecule has 0 fully saturated rings. The summed E-state index contributed by atoms with van der Waals surface area (Å²) in [6.45, 7) is 0.821. The molecule has 0 radical (unpaired) electrons. The SMILES string of the molecule is NC(=O)c1ccc(NCC2Cc3ccccc32)nn1. The predicted octanol–water partition coefficient (Wildman–Crippen LogP) is 1.33. The first-order valence-corrected chi connectivity index (χ1v) is 6.19. The number of aromatic nitrogens is 2. The van der Waals surface area contributed by atoms with Crippen molar-refractivity contribution >= 4 is 11.7 Å². The number of anilines is 1. The molecule has 0 spiro atoms. The Labute approximate surface area is 110 Å². The summed E-state index contributed by atoms with van der Waals surface area (Å²) in [6, 6.07) is 11.7. The average Bonchev–Trinajstić information content (AvgIpc) is 2.40. The number of rotatable bonds is 4. The van der Waals surface area contributed by atoms with E-state index in [-0.39, 0.29) is 5.69 Å². The van der Waals surface area contributed by atoms with Crippen LogP contribution < -0.4 is 11.1 Å². The van der Waals surface area contributed by atoms with Gasteiger partial charge in [-0.25, -0.2) is 0 Å². The fourth-order valence-corrected chi connectivity index (χ4v) is 2.33. The van der Waals surface area contributed by atoms with E-state index in [2.05, 4.69) is 39.8 Å². The molecule has 5 heteroatoms. The number of benzene rings is 1. The Morgan fingerprint density at radius 1 is 1.26 bits per heavy atom. The van der Waals surface area contributed by atoms with E-state index in [0.29, 0.717) is 11.7 Å². The second-order valence-corrected chi connectivity index (χ2v) is 4.65. The Kier molecular flexibility index (Phi) is 2.87. The first kappa shape index (κ1) is 11.6. The highest BCUT2D eigenvalue weighted by atomic mass is 16.1. The smallest absolute Gasteiger partial charge is 0.269 e.